The Morgan fingerprint density at radius 1 is 1.09 bits per heavy atom. The monoisotopic (exact) mass is 442 g/mol. The molecule has 0 radical (unpaired) electrons. The van der Waals surface area contributed by atoms with E-state index in [1.165, 1.54) is 4.68 Å². The number of carbonyl (C=O) groups excluding carboxylic acids is 1. The van der Waals surface area contributed by atoms with Gasteiger partial charge in [0.1, 0.15) is 23.6 Å². The summed E-state index contributed by atoms with van der Waals surface area (Å²) in [4.78, 5) is 16.1. The number of benzene rings is 2. The van der Waals surface area contributed by atoms with Crippen LogP contribution in [0.15, 0.2) is 66.9 Å². The zero-order valence-electron chi connectivity index (χ0n) is 18.1. The minimum absolute atomic E-state index is 0.00213. The first-order valence-corrected chi connectivity index (χ1v) is 10.1. The van der Waals surface area contributed by atoms with Crippen LogP contribution in [0.25, 0.3) is 22.2 Å². The summed E-state index contributed by atoms with van der Waals surface area (Å²) < 4.78 is 12.3. The molecule has 0 fully saturated rings. The maximum absolute atomic E-state index is 11.7. The minimum Gasteiger partial charge on any atom is -0.497 e. The fourth-order valence-electron chi connectivity index (χ4n) is 3.28. The van der Waals surface area contributed by atoms with Gasteiger partial charge in [0.2, 0.25) is 0 Å². The van der Waals surface area contributed by atoms with E-state index in [0.717, 1.165) is 10.9 Å². The number of rotatable bonds is 6. The fraction of sp³-hybridized carbons (Fsp3) is 0.125. The van der Waals surface area contributed by atoms with Crippen molar-refractivity contribution in [2.75, 3.05) is 20.8 Å². The van der Waals surface area contributed by atoms with Gasteiger partial charge in [0.15, 0.2) is 5.84 Å². The summed E-state index contributed by atoms with van der Waals surface area (Å²) in [6.45, 7) is -0.0895. The lowest BCUT2D eigenvalue weighted by Gasteiger charge is -2.12. The lowest BCUT2D eigenvalue weighted by molar-refractivity contribution is 0.0963. The Kier molecular flexibility index (Phi) is 6.12. The van der Waals surface area contributed by atoms with Crippen molar-refractivity contribution in [3.8, 4) is 22.8 Å². The number of fused-ring (bicyclic) bond motifs is 1. The molecule has 9 heteroatoms. The average Bonchev–Trinajstić information content (AvgIpc) is 2.86. The number of carbonyl (C=O) groups is 1. The zero-order chi connectivity index (χ0) is 23.4. The maximum Gasteiger partial charge on any atom is 0.251 e. The van der Waals surface area contributed by atoms with Crippen LogP contribution in [0.2, 0.25) is 0 Å². The van der Waals surface area contributed by atoms with Gasteiger partial charge in [-0.05, 0) is 42.5 Å². The number of aromatic nitrogens is 3. The molecular formula is C24H22N6O3. The Balaban J connectivity index is 1.55. The van der Waals surface area contributed by atoms with Crippen LogP contribution in [0, 0.1) is 10.8 Å². The highest BCUT2D eigenvalue weighted by Crippen LogP contribution is 2.27. The Bertz CT molecular complexity index is 1400. The van der Waals surface area contributed by atoms with Gasteiger partial charge in [-0.1, -0.05) is 12.1 Å². The molecule has 3 N–H and O–H groups in total. The van der Waals surface area contributed by atoms with Crippen LogP contribution in [0.1, 0.15) is 10.4 Å². The van der Waals surface area contributed by atoms with Crippen molar-refractivity contribution in [3.05, 3.63) is 77.9 Å². The van der Waals surface area contributed by atoms with Crippen molar-refractivity contribution in [2.45, 2.75) is 0 Å². The van der Waals surface area contributed by atoms with E-state index >= 15 is 0 Å². The SMILES string of the molecule is CNC(=O)c1ccc(-c2ccc(=N)n(C(=N)COc3ccnc4cc(OC)ccc34)n2)cc1. The molecule has 9 nitrogen and oxygen atoms in total. The Morgan fingerprint density at radius 2 is 1.88 bits per heavy atom. The molecule has 1 amide bonds. The number of amides is 1. The molecule has 4 rings (SSSR count). The standard InChI is InChI=1S/C24H22N6O3/c1-27-24(31)16-5-3-15(4-6-16)19-9-10-22(25)30(29-19)23(26)14-33-21-11-12-28-20-13-17(32-2)7-8-18(20)21/h3-13,25-26H,14H2,1-2H3,(H,27,31). The first-order chi connectivity index (χ1) is 16.0. The van der Waals surface area contributed by atoms with Crippen LogP contribution in [0.3, 0.4) is 0 Å². The molecule has 33 heavy (non-hydrogen) atoms. The molecule has 2 heterocycles. The number of nitrogens with zero attached hydrogens (tertiary/aromatic N) is 3. The minimum atomic E-state index is -0.174. The number of methoxy groups -OCH3 is 1. The summed E-state index contributed by atoms with van der Waals surface area (Å²) in [7, 11) is 3.17. The van der Waals surface area contributed by atoms with Gasteiger partial charge in [0.25, 0.3) is 5.91 Å². The summed E-state index contributed by atoms with van der Waals surface area (Å²) in [6.07, 6.45) is 1.63. The normalized spacial score (nSPS) is 10.6. The van der Waals surface area contributed by atoms with E-state index in [9.17, 15) is 4.79 Å². The number of hydrogen-bond acceptors (Lipinski definition) is 7. The van der Waals surface area contributed by atoms with Crippen LogP contribution in [0.5, 0.6) is 11.5 Å². The van der Waals surface area contributed by atoms with Gasteiger partial charge < -0.3 is 14.8 Å². The summed E-state index contributed by atoms with van der Waals surface area (Å²) in [5.41, 5.74) is 2.64. The highest BCUT2D eigenvalue weighted by molar-refractivity contribution is 5.94. The molecule has 0 bridgehead atoms. The number of hydrogen-bond donors (Lipinski definition) is 3. The van der Waals surface area contributed by atoms with Gasteiger partial charge >= 0.3 is 0 Å². The summed E-state index contributed by atoms with van der Waals surface area (Å²) in [5.74, 6) is 1.09. The molecule has 0 unspecified atom stereocenters. The van der Waals surface area contributed by atoms with Crippen LogP contribution >= 0.6 is 0 Å². The molecule has 0 atom stereocenters. The van der Waals surface area contributed by atoms with Gasteiger partial charge in [-0.25, -0.2) is 0 Å². The molecule has 2 aromatic carbocycles. The van der Waals surface area contributed by atoms with Gasteiger partial charge in [0.05, 0.1) is 18.3 Å². The molecule has 0 aliphatic carbocycles. The first kappa shape index (κ1) is 21.7. The molecule has 0 aliphatic heterocycles. The highest BCUT2D eigenvalue weighted by Gasteiger charge is 2.10. The predicted octanol–water partition coefficient (Wildman–Crippen LogP) is 2.85. The third kappa shape index (κ3) is 4.57. The van der Waals surface area contributed by atoms with Crippen molar-refractivity contribution in [1.82, 2.24) is 20.1 Å². The highest BCUT2D eigenvalue weighted by atomic mass is 16.5. The molecule has 2 aromatic heterocycles. The van der Waals surface area contributed by atoms with Crippen LogP contribution < -0.4 is 20.3 Å². The van der Waals surface area contributed by atoms with Crippen molar-refractivity contribution in [2.24, 2.45) is 0 Å². The van der Waals surface area contributed by atoms with Gasteiger partial charge in [0, 0.05) is 35.8 Å². The fourth-order valence-corrected chi connectivity index (χ4v) is 3.28. The van der Waals surface area contributed by atoms with E-state index in [4.69, 9.17) is 20.3 Å². The molecule has 0 saturated heterocycles. The van der Waals surface area contributed by atoms with E-state index in [-0.39, 0.29) is 23.8 Å². The van der Waals surface area contributed by atoms with Crippen LogP contribution in [-0.4, -0.2) is 47.3 Å². The second-order valence-corrected chi connectivity index (χ2v) is 7.10. The molecular weight excluding hydrogens is 420 g/mol. The zero-order valence-corrected chi connectivity index (χ0v) is 18.1. The molecule has 166 valence electrons. The van der Waals surface area contributed by atoms with Crippen molar-refractivity contribution >= 4 is 22.6 Å². The van der Waals surface area contributed by atoms with E-state index in [1.807, 2.05) is 18.2 Å². The van der Waals surface area contributed by atoms with E-state index < -0.39 is 0 Å². The molecule has 0 aliphatic rings. The lowest BCUT2D eigenvalue weighted by atomic mass is 10.1. The summed E-state index contributed by atoms with van der Waals surface area (Å²) in [5, 5.41) is 24.4. The summed E-state index contributed by atoms with van der Waals surface area (Å²) in [6, 6.07) is 17.4. The third-order valence-electron chi connectivity index (χ3n) is 5.03. The quantitative estimate of drug-likeness (QED) is 0.313. The maximum atomic E-state index is 11.7. The Morgan fingerprint density at radius 3 is 2.61 bits per heavy atom. The van der Waals surface area contributed by atoms with Crippen LogP contribution in [-0.2, 0) is 0 Å². The van der Waals surface area contributed by atoms with Crippen LogP contribution in [0.4, 0.5) is 0 Å². The average molecular weight is 442 g/mol. The number of nitrogens with one attached hydrogen (secondary N) is 3. The molecule has 4 aromatic rings. The van der Waals surface area contributed by atoms with Gasteiger partial charge in [-0.3, -0.25) is 20.6 Å². The van der Waals surface area contributed by atoms with Crippen molar-refractivity contribution < 1.29 is 14.3 Å². The Hall–Kier alpha value is -4.53. The van der Waals surface area contributed by atoms with Gasteiger partial charge in [-0.2, -0.15) is 9.78 Å². The van der Waals surface area contributed by atoms with Crippen molar-refractivity contribution in [1.29, 1.82) is 10.8 Å². The second-order valence-electron chi connectivity index (χ2n) is 7.10. The lowest BCUT2D eigenvalue weighted by Crippen LogP contribution is -2.32. The predicted molar refractivity (Wildman–Crippen MR) is 124 cm³/mol. The number of ether oxygens (including phenoxy) is 2. The topological polar surface area (TPSA) is 126 Å². The van der Waals surface area contributed by atoms with Crippen molar-refractivity contribution in [3.63, 3.8) is 0 Å². The summed E-state index contributed by atoms with van der Waals surface area (Å²) >= 11 is 0. The van der Waals surface area contributed by atoms with E-state index in [2.05, 4.69) is 15.4 Å². The Labute approximate surface area is 189 Å². The smallest absolute Gasteiger partial charge is 0.251 e. The largest absolute Gasteiger partial charge is 0.497 e. The van der Waals surface area contributed by atoms with E-state index in [1.54, 1.807) is 62.8 Å². The third-order valence-corrected chi connectivity index (χ3v) is 5.03. The molecule has 0 saturated carbocycles. The second kappa shape index (κ2) is 9.31. The number of pyridine rings is 1. The molecule has 0 spiro atoms. The van der Waals surface area contributed by atoms with Gasteiger partial charge in [-0.15, -0.1) is 0 Å². The van der Waals surface area contributed by atoms with E-state index in [0.29, 0.717) is 28.3 Å². The first-order valence-electron chi connectivity index (χ1n) is 10.1.